The van der Waals surface area contributed by atoms with Gasteiger partial charge in [0.2, 0.25) is 0 Å². The number of hydrogen-bond donors (Lipinski definition) is 1. The molecule has 0 aliphatic heterocycles. The second kappa shape index (κ2) is 8.02. The van der Waals surface area contributed by atoms with Crippen LogP contribution in [0.1, 0.15) is 30.2 Å². The number of ether oxygens (including phenoxy) is 2. The molecule has 1 unspecified atom stereocenters. The lowest BCUT2D eigenvalue weighted by molar-refractivity contribution is -0.138. The van der Waals surface area contributed by atoms with Gasteiger partial charge >= 0.3 is 5.97 Å². The maximum absolute atomic E-state index is 11.6. The van der Waals surface area contributed by atoms with E-state index >= 15 is 0 Å². The summed E-state index contributed by atoms with van der Waals surface area (Å²) in [6, 6.07) is 9.35. The highest BCUT2D eigenvalue weighted by atomic mass is 32.1. The topological polar surface area (TPSA) is 55.8 Å². The van der Waals surface area contributed by atoms with Crippen molar-refractivity contribution in [1.29, 1.82) is 0 Å². The minimum absolute atomic E-state index is 0.426. The van der Waals surface area contributed by atoms with Gasteiger partial charge in [-0.2, -0.15) is 0 Å². The van der Waals surface area contributed by atoms with Crippen molar-refractivity contribution in [2.45, 2.75) is 26.2 Å². The van der Waals surface area contributed by atoms with Crippen molar-refractivity contribution in [1.82, 2.24) is 0 Å². The molecule has 0 saturated carbocycles. The zero-order chi connectivity index (χ0) is 16.8. The first-order chi connectivity index (χ1) is 11.0. The maximum atomic E-state index is 11.6. The summed E-state index contributed by atoms with van der Waals surface area (Å²) in [6.45, 7) is 4.78. The fourth-order valence-corrected chi connectivity index (χ4v) is 3.07. The van der Waals surface area contributed by atoms with E-state index in [4.69, 9.17) is 9.47 Å². The Hall–Kier alpha value is -2.01. The molecule has 1 heterocycles. The van der Waals surface area contributed by atoms with Crippen LogP contribution in [-0.2, 0) is 11.2 Å². The predicted molar refractivity (Wildman–Crippen MR) is 91.7 cm³/mol. The van der Waals surface area contributed by atoms with Crippen LogP contribution in [0.4, 0.5) is 0 Å². The second-order valence-electron chi connectivity index (χ2n) is 5.80. The zero-order valence-corrected chi connectivity index (χ0v) is 14.4. The molecule has 2 rings (SSSR count). The molecule has 0 aliphatic carbocycles. The molecule has 1 N–H and O–H groups in total. The molecule has 5 heteroatoms. The highest BCUT2D eigenvalue weighted by Crippen LogP contribution is 2.32. The number of benzene rings is 1. The molecule has 1 aromatic carbocycles. The second-order valence-corrected chi connectivity index (χ2v) is 6.78. The van der Waals surface area contributed by atoms with E-state index in [0.717, 1.165) is 10.4 Å². The molecule has 124 valence electrons. The summed E-state index contributed by atoms with van der Waals surface area (Å²) in [5.41, 5.74) is 0.916. The fraction of sp³-hybridized carbons (Fsp3) is 0.389. The van der Waals surface area contributed by atoms with Crippen molar-refractivity contribution in [3.05, 3.63) is 46.2 Å². The molecule has 0 bridgehead atoms. The van der Waals surface area contributed by atoms with Crippen LogP contribution in [-0.4, -0.2) is 24.8 Å². The summed E-state index contributed by atoms with van der Waals surface area (Å²) in [4.78, 5) is 12.4. The molecular formula is C18H22O4S. The van der Waals surface area contributed by atoms with Gasteiger partial charge in [0.15, 0.2) is 11.5 Å². The van der Waals surface area contributed by atoms with Crippen molar-refractivity contribution < 1.29 is 19.4 Å². The summed E-state index contributed by atoms with van der Waals surface area (Å²) < 4.78 is 11.1. The fourth-order valence-electron chi connectivity index (χ4n) is 2.25. The first kappa shape index (κ1) is 17.3. The van der Waals surface area contributed by atoms with Crippen LogP contribution in [0.15, 0.2) is 35.7 Å². The quantitative estimate of drug-likeness (QED) is 0.786. The molecule has 23 heavy (non-hydrogen) atoms. The van der Waals surface area contributed by atoms with E-state index in [0.29, 0.717) is 30.4 Å². The number of methoxy groups -OCH3 is 1. The van der Waals surface area contributed by atoms with Crippen molar-refractivity contribution in [3.8, 4) is 11.5 Å². The number of carboxylic acid groups (broad SMARTS) is 1. The van der Waals surface area contributed by atoms with Crippen LogP contribution >= 0.6 is 11.3 Å². The molecule has 0 spiro atoms. The number of hydrogen-bond acceptors (Lipinski definition) is 4. The molecule has 1 aromatic heterocycles. The third kappa shape index (κ3) is 4.73. The van der Waals surface area contributed by atoms with E-state index in [2.05, 4.69) is 13.8 Å². The van der Waals surface area contributed by atoms with E-state index in [1.165, 1.54) is 11.3 Å². The van der Waals surface area contributed by atoms with E-state index < -0.39 is 11.9 Å². The molecule has 0 radical (unpaired) electrons. The van der Waals surface area contributed by atoms with Crippen molar-refractivity contribution in [2.75, 3.05) is 13.7 Å². The van der Waals surface area contributed by atoms with E-state index in [9.17, 15) is 9.90 Å². The first-order valence-electron chi connectivity index (χ1n) is 7.57. The zero-order valence-electron chi connectivity index (χ0n) is 13.6. The highest BCUT2D eigenvalue weighted by Gasteiger charge is 2.22. The van der Waals surface area contributed by atoms with Crippen molar-refractivity contribution in [2.24, 2.45) is 5.92 Å². The number of carbonyl (C=O) groups is 1. The molecule has 1 atom stereocenters. The molecule has 4 nitrogen and oxygen atoms in total. The van der Waals surface area contributed by atoms with Crippen LogP contribution < -0.4 is 9.47 Å². The molecule has 0 amide bonds. The van der Waals surface area contributed by atoms with Gasteiger partial charge in [0.05, 0.1) is 19.6 Å². The average molecular weight is 334 g/mol. The first-order valence-corrected chi connectivity index (χ1v) is 8.45. The number of thiophene rings is 1. The third-order valence-electron chi connectivity index (χ3n) is 3.42. The van der Waals surface area contributed by atoms with Gasteiger partial charge in [0.25, 0.3) is 0 Å². The Labute approximate surface area is 140 Å². The summed E-state index contributed by atoms with van der Waals surface area (Å²) in [5.74, 6) is 0.398. The van der Waals surface area contributed by atoms with Crippen LogP contribution in [0.25, 0.3) is 0 Å². The van der Waals surface area contributed by atoms with Crippen LogP contribution in [0, 0.1) is 5.92 Å². The van der Waals surface area contributed by atoms with Gasteiger partial charge in [-0.25, -0.2) is 0 Å². The Balaban J connectivity index is 2.17. The van der Waals surface area contributed by atoms with Crippen molar-refractivity contribution >= 4 is 17.3 Å². The van der Waals surface area contributed by atoms with E-state index in [-0.39, 0.29) is 0 Å². The standard InChI is InChI=1S/C18H22O4S/c1-12(2)11-22-15-7-6-13(10-16(15)21-3)9-14(18(19)20)17-5-4-8-23-17/h4-8,10,12,14H,9,11H2,1-3H3,(H,19,20). The Kier molecular flexibility index (Phi) is 6.04. The average Bonchev–Trinajstić information content (AvgIpc) is 3.04. The summed E-state index contributed by atoms with van der Waals surface area (Å²) in [7, 11) is 1.59. The van der Waals surface area contributed by atoms with Gasteiger partial charge in [-0.15, -0.1) is 11.3 Å². The lowest BCUT2D eigenvalue weighted by atomic mass is 9.97. The molecule has 0 fully saturated rings. The van der Waals surface area contributed by atoms with Crippen molar-refractivity contribution in [3.63, 3.8) is 0 Å². The third-order valence-corrected chi connectivity index (χ3v) is 4.41. The molecule has 0 aliphatic rings. The number of rotatable bonds is 8. The normalized spacial score (nSPS) is 12.2. The number of carboxylic acids is 1. The summed E-state index contributed by atoms with van der Waals surface area (Å²) in [5, 5.41) is 11.4. The SMILES string of the molecule is COc1cc(CC(C(=O)O)c2cccs2)ccc1OCC(C)C. The number of aliphatic carboxylic acids is 1. The van der Waals surface area contributed by atoms with Crippen LogP contribution in [0.2, 0.25) is 0 Å². The van der Waals surface area contributed by atoms with E-state index in [1.54, 1.807) is 7.11 Å². The van der Waals surface area contributed by atoms with E-state index in [1.807, 2.05) is 35.7 Å². The van der Waals surface area contributed by atoms with Crippen LogP contribution in [0.3, 0.4) is 0 Å². The maximum Gasteiger partial charge on any atom is 0.312 e. The minimum atomic E-state index is -0.813. The molecular weight excluding hydrogens is 312 g/mol. The van der Waals surface area contributed by atoms with Gasteiger partial charge in [-0.3, -0.25) is 4.79 Å². The van der Waals surface area contributed by atoms with Gasteiger partial charge in [0, 0.05) is 4.88 Å². The largest absolute Gasteiger partial charge is 0.493 e. The van der Waals surface area contributed by atoms with Crippen LogP contribution in [0.5, 0.6) is 11.5 Å². The summed E-state index contributed by atoms with van der Waals surface area (Å²) >= 11 is 1.47. The lowest BCUT2D eigenvalue weighted by Gasteiger charge is -2.15. The summed E-state index contributed by atoms with van der Waals surface area (Å²) in [6.07, 6.45) is 0.427. The monoisotopic (exact) mass is 334 g/mol. The predicted octanol–water partition coefficient (Wildman–Crippen LogP) is 4.20. The van der Waals surface area contributed by atoms with Gasteiger partial charge in [-0.05, 0) is 41.5 Å². The molecule has 0 saturated heterocycles. The minimum Gasteiger partial charge on any atom is -0.493 e. The Morgan fingerprint density at radius 1 is 1.26 bits per heavy atom. The molecule has 2 aromatic rings. The Bertz CT molecular complexity index is 634. The van der Waals surface area contributed by atoms with Gasteiger partial charge in [0.1, 0.15) is 0 Å². The van der Waals surface area contributed by atoms with Gasteiger partial charge < -0.3 is 14.6 Å². The Morgan fingerprint density at radius 3 is 2.61 bits per heavy atom. The van der Waals surface area contributed by atoms with Gasteiger partial charge in [-0.1, -0.05) is 26.0 Å². The Morgan fingerprint density at radius 2 is 2.04 bits per heavy atom. The highest BCUT2D eigenvalue weighted by molar-refractivity contribution is 7.10. The smallest absolute Gasteiger partial charge is 0.312 e. The lowest BCUT2D eigenvalue weighted by Crippen LogP contribution is -2.13.